The average Bonchev–Trinajstić information content (AvgIpc) is 2.78. The number of aromatic nitrogens is 3. The molecular weight excluding hydrogens is 233 g/mol. The predicted molar refractivity (Wildman–Crippen MR) is 55.9 cm³/mol. The Hall–Kier alpha value is -2.05. The quantitative estimate of drug-likeness (QED) is 0.878. The monoisotopic (exact) mass is 242 g/mol. The number of rotatable bonds is 2. The molecule has 4 nitrogen and oxygen atoms in total. The van der Waals surface area contributed by atoms with Crippen molar-refractivity contribution in [3.63, 3.8) is 0 Å². The minimum atomic E-state index is -4.43. The van der Waals surface area contributed by atoms with Gasteiger partial charge in [0.15, 0.2) is 5.69 Å². The summed E-state index contributed by atoms with van der Waals surface area (Å²) in [7, 11) is 1.68. The molecule has 0 atom stereocenters. The van der Waals surface area contributed by atoms with Gasteiger partial charge in [-0.1, -0.05) is 0 Å². The summed E-state index contributed by atoms with van der Waals surface area (Å²) in [6.45, 7) is 0. The predicted octanol–water partition coefficient (Wildman–Crippen LogP) is 2.33. The smallest absolute Gasteiger partial charge is 0.373 e. The van der Waals surface area contributed by atoms with Crippen LogP contribution in [0, 0.1) is 0 Å². The number of hydrogen-bond donors (Lipinski definition) is 1. The molecule has 0 amide bonds. The van der Waals surface area contributed by atoms with Crippen LogP contribution in [0.2, 0.25) is 0 Å². The number of alkyl halides is 3. The first kappa shape index (κ1) is 11.4. The van der Waals surface area contributed by atoms with E-state index in [0.717, 1.165) is 10.7 Å². The molecule has 0 aliphatic rings. The van der Waals surface area contributed by atoms with Gasteiger partial charge in [-0.05, 0) is 12.1 Å². The van der Waals surface area contributed by atoms with Crippen LogP contribution >= 0.6 is 0 Å². The molecule has 2 heterocycles. The molecule has 0 radical (unpaired) electrons. The summed E-state index contributed by atoms with van der Waals surface area (Å²) in [6.07, 6.45) is -1.67. The van der Waals surface area contributed by atoms with Gasteiger partial charge < -0.3 is 5.32 Å². The Labute approximate surface area is 95.1 Å². The molecule has 0 aliphatic carbocycles. The van der Waals surface area contributed by atoms with Crippen molar-refractivity contribution in [2.45, 2.75) is 6.18 Å². The summed E-state index contributed by atoms with van der Waals surface area (Å²) < 4.78 is 38.2. The van der Waals surface area contributed by atoms with Crippen molar-refractivity contribution < 1.29 is 13.2 Å². The lowest BCUT2D eigenvalue weighted by atomic mass is 10.4. The molecule has 0 spiro atoms. The summed E-state index contributed by atoms with van der Waals surface area (Å²) in [6, 6.07) is 4.11. The second-order valence-corrected chi connectivity index (χ2v) is 3.29. The van der Waals surface area contributed by atoms with Gasteiger partial charge in [-0.2, -0.15) is 18.3 Å². The Morgan fingerprint density at radius 3 is 2.65 bits per heavy atom. The highest BCUT2D eigenvalue weighted by atomic mass is 19.4. The zero-order valence-electron chi connectivity index (χ0n) is 8.86. The van der Waals surface area contributed by atoms with Crippen molar-refractivity contribution in [3.05, 3.63) is 36.3 Å². The van der Waals surface area contributed by atoms with E-state index in [0.29, 0.717) is 11.5 Å². The van der Waals surface area contributed by atoms with Crippen LogP contribution in [0.25, 0.3) is 5.69 Å². The van der Waals surface area contributed by atoms with Crippen molar-refractivity contribution in [2.75, 3.05) is 12.4 Å². The van der Waals surface area contributed by atoms with Gasteiger partial charge in [-0.3, -0.25) is 0 Å². The van der Waals surface area contributed by atoms with Gasteiger partial charge in [0.05, 0.1) is 5.69 Å². The molecule has 2 aromatic rings. The van der Waals surface area contributed by atoms with E-state index in [9.17, 15) is 13.2 Å². The lowest BCUT2D eigenvalue weighted by Gasteiger charge is -2.04. The summed E-state index contributed by atoms with van der Waals surface area (Å²) in [5.41, 5.74) is -0.403. The van der Waals surface area contributed by atoms with Gasteiger partial charge in [0, 0.05) is 25.5 Å². The molecule has 2 aromatic heterocycles. The molecule has 0 saturated heterocycles. The summed E-state index contributed by atoms with van der Waals surface area (Å²) >= 11 is 0. The highest BCUT2D eigenvalue weighted by Crippen LogP contribution is 2.27. The zero-order chi connectivity index (χ0) is 12.5. The lowest BCUT2D eigenvalue weighted by Crippen LogP contribution is -2.07. The molecule has 0 fully saturated rings. The molecule has 0 saturated carbocycles. The van der Waals surface area contributed by atoms with Crippen molar-refractivity contribution in [1.82, 2.24) is 14.8 Å². The zero-order valence-corrected chi connectivity index (χ0v) is 8.86. The van der Waals surface area contributed by atoms with Gasteiger partial charge in [0.25, 0.3) is 0 Å². The van der Waals surface area contributed by atoms with E-state index >= 15 is 0 Å². The normalized spacial score (nSPS) is 11.5. The number of pyridine rings is 1. The van der Waals surface area contributed by atoms with Crippen molar-refractivity contribution in [3.8, 4) is 5.69 Å². The molecule has 0 unspecified atom stereocenters. The van der Waals surface area contributed by atoms with Gasteiger partial charge in [0.2, 0.25) is 0 Å². The van der Waals surface area contributed by atoms with Gasteiger partial charge in [-0.25, -0.2) is 9.67 Å². The third kappa shape index (κ3) is 2.38. The number of nitrogens with zero attached hydrogens (tertiary/aromatic N) is 3. The van der Waals surface area contributed by atoms with Crippen LogP contribution in [0.1, 0.15) is 5.69 Å². The van der Waals surface area contributed by atoms with Gasteiger partial charge >= 0.3 is 6.18 Å². The highest BCUT2D eigenvalue weighted by Gasteiger charge is 2.33. The maximum atomic E-state index is 12.4. The fraction of sp³-hybridized carbons (Fsp3) is 0.200. The standard InChI is InChI=1S/C10H9F3N4/c1-14-9-6-7(2-4-15-9)17-5-3-8(16-17)10(11,12)13/h2-6H,1H3,(H,14,15). The first-order valence-electron chi connectivity index (χ1n) is 4.78. The first-order valence-corrected chi connectivity index (χ1v) is 4.78. The van der Waals surface area contributed by atoms with Crippen LogP contribution < -0.4 is 5.32 Å². The van der Waals surface area contributed by atoms with Crippen LogP contribution in [-0.2, 0) is 6.18 Å². The number of nitrogens with one attached hydrogen (secondary N) is 1. The lowest BCUT2D eigenvalue weighted by molar-refractivity contribution is -0.141. The first-order chi connectivity index (χ1) is 8.00. The van der Waals surface area contributed by atoms with Crippen LogP contribution in [-0.4, -0.2) is 21.8 Å². The number of halogens is 3. The molecule has 90 valence electrons. The fourth-order valence-electron chi connectivity index (χ4n) is 1.32. The summed E-state index contributed by atoms with van der Waals surface area (Å²) in [5.74, 6) is 0.562. The number of anilines is 1. The molecule has 0 bridgehead atoms. The third-order valence-corrected chi connectivity index (χ3v) is 2.14. The molecule has 7 heteroatoms. The maximum absolute atomic E-state index is 12.4. The molecule has 0 aromatic carbocycles. The Morgan fingerprint density at radius 1 is 1.29 bits per heavy atom. The SMILES string of the molecule is CNc1cc(-n2ccc(C(F)(F)F)n2)ccn1. The molecule has 17 heavy (non-hydrogen) atoms. The molecular formula is C10H9F3N4. The van der Waals surface area contributed by atoms with Gasteiger partial charge in [-0.15, -0.1) is 0 Å². The van der Waals surface area contributed by atoms with E-state index in [1.165, 1.54) is 12.4 Å². The van der Waals surface area contributed by atoms with E-state index < -0.39 is 11.9 Å². The van der Waals surface area contributed by atoms with E-state index in [2.05, 4.69) is 15.4 Å². The maximum Gasteiger partial charge on any atom is 0.435 e. The number of hydrogen-bond acceptors (Lipinski definition) is 3. The van der Waals surface area contributed by atoms with E-state index in [-0.39, 0.29) is 0 Å². The molecule has 1 N–H and O–H groups in total. The topological polar surface area (TPSA) is 42.7 Å². The highest BCUT2D eigenvalue weighted by molar-refractivity contribution is 5.43. The molecule has 0 aliphatic heterocycles. The van der Waals surface area contributed by atoms with Crippen molar-refractivity contribution in [1.29, 1.82) is 0 Å². The van der Waals surface area contributed by atoms with Gasteiger partial charge in [0.1, 0.15) is 5.82 Å². The largest absolute Gasteiger partial charge is 0.435 e. The van der Waals surface area contributed by atoms with Crippen LogP contribution in [0.5, 0.6) is 0 Å². The Kier molecular flexibility index (Phi) is 2.74. The third-order valence-electron chi connectivity index (χ3n) is 2.14. The Balaban J connectivity index is 2.37. The molecule has 2 rings (SSSR count). The van der Waals surface area contributed by atoms with Crippen LogP contribution in [0.15, 0.2) is 30.6 Å². The summed E-state index contributed by atoms with van der Waals surface area (Å²) in [5, 5.41) is 6.26. The van der Waals surface area contributed by atoms with Crippen molar-refractivity contribution in [2.24, 2.45) is 0 Å². The summed E-state index contributed by atoms with van der Waals surface area (Å²) in [4.78, 5) is 3.96. The van der Waals surface area contributed by atoms with Crippen molar-refractivity contribution >= 4 is 5.82 Å². The van der Waals surface area contributed by atoms with E-state index in [4.69, 9.17) is 0 Å². The Morgan fingerprint density at radius 2 is 2.06 bits per heavy atom. The fourth-order valence-corrected chi connectivity index (χ4v) is 1.32. The van der Waals surface area contributed by atoms with Crippen LogP contribution in [0.4, 0.5) is 19.0 Å². The minimum absolute atomic E-state index is 0.514. The second-order valence-electron chi connectivity index (χ2n) is 3.29. The van der Waals surface area contributed by atoms with E-state index in [1.54, 1.807) is 19.2 Å². The average molecular weight is 242 g/mol. The van der Waals surface area contributed by atoms with Crippen LogP contribution in [0.3, 0.4) is 0 Å². The van der Waals surface area contributed by atoms with E-state index in [1.807, 2.05) is 0 Å². The second kappa shape index (κ2) is 4.08. The Bertz CT molecular complexity index is 518. The minimum Gasteiger partial charge on any atom is -0.373 e.